The van der Waals surface area contributed by atoms with E-state index in [2.05, 4.69) is 10.2 Å². The Morgan fingerprint density at radius 3 is 3.21 bits per heavy atom. The van der Waals surface area contributed by atoms with Crippen LogP contribution in [0, 0.1) is 0 Å². The van der Waals surface area contributed by atoms with Gasteiger partial charge < -0.3 is 16.0 Å². The summed E-state index contributed by atoms with van der Waals surface area (Å²) in [7, 11) is -0.438. The predicted molar refractivity (Wildman–Crippen MR) is 59.3 cm³/mol. The van der Waals surface area contributed by atoms with Crippen LogP contribution in [0.5, 0.6) is 0 Å². The van der Waals surface area contributed by atoms with E-state index in [1.54, 1.807) is 18.2 Å². The highest BCUT2D eigenvalue weighted by Gasteiger charge is 2.23. The molecule has 1 atom stereocenters. The van der Waals surface area contributed by atoms with Crippen LogP contribution in [0.2, 0.25) is 6.82 Å². The molecule has 1 heterocycles. The summed E-state index contributed by atoms with van der Waals surface area (Å²) in [4.78, 5) is 5.54. The van der Waals surface area contributed by atoms with Crippen LogP contribution in [0.3, 0.4) is 0 Å². The minimum Gasteiger partial charge on any atom is -0.437 e. The molecule has 2 rings (SSSR count). The number of nitrogen functional groups attached to an aromatic ring is 1. The van der Waals surface area contributed by atoms with Crippen LogP contribution in [-0.2, 0) is 12.8 Å². The highest BCUT2D eigenvalue weighted by Crippen LogP contribution is 2.27. The Labute approximate surface area is 87.7 Å². The molecule has 0 amide bonds. The summed E-state index contributed by atoms with van der Waals surface area (Å²) >= 11 is 1.57. The summed E-state index contributed by atoms with van der Waals surface area (Å²) in [5.41, 5.74) is 6.79. The smallest absolute Gasteiger partial charge is 0.373 e. The number of aryl methyl sites for hydroxylation is 1. The number of rotatable bonds is 2. The lowest BCUT2D eigenvalue weighted by atomic mass is 9.84. The van der Waals surface area contributed by atoms with Crippen LogP contribution in [0.25, 0.3) is 0 Å². The van der Waals surface area contributed by atoms with Crippen molar-refractivity contribution < 1.29 is 5.02 Å². The Bertz CT molecular complexity index is 328. The molecule has 0 saturated carbocycles. The maximum Gasteiger partial charge on any atom is 0.373 e. The average molecular weight is 211 g/mol. The molecule has 4 nitrogen and oxygen atoms in total. The van der Waals surface area contributed by atoms with Crippen LogP contribution in [0.15, 0.2) is 0 Å². The number of thiazole rings is 1. The molecular formula is C8H14BN3OS. The van der Waals surface area contributed by atoms with Crippen molar-refractivity contribution in [2.75, 3.05) is 5.73 Å². The standard InChI is InChI=1S/C8H14BN3OS/c1-9(13)12-5-2-3-6-7(4-5)14-8(10)11-6/h5,12-13H,2-4H2,1H3,(H2,10,11). The van der Waals surface area contributed by atoms with Gasteiger partial charge in [0.15, 0.2) is 5.13 Å². The van der Waals surface area contributed by atoms with Crippen molar-refractivity contribution in [3.8, 4) is 0 Å². The van der Waals surface area contributed by atoms with Crippen molar-refractivity contribution in [1.82, 2.24) is 10.2 Å². The lowest BCUT2D eigenvalue weighted by Gasteiger charge is -2.22. The maximum atomic E-state index is 9.21. The van der Waals surface area contributed by atoms with Gasteiger partial charge in [0.25, 0.3) is 0 Å². The Kier molecular flexibility index (Phi) is 2.76. The van der Waals surface area contributed by atoms with Crippen molar-refractivity contribution in [2.45, 2.75) is 32.1 Å². The highest BCUT2D eigenvalue weighted by atomic mass is 32.1. The minimum absolute atomic E-state index is 0.363. The van der Waals surface area contributed by atoms with Gasteiger partial charge in [-0.25, -0.2) is 4.98 Å². The van der Waals surface area contributed by atoms with Crippen molar-refractivity contribution in [2.24, 2.45) is 0 Å². The number of hydrogen-bond donors (Lipinski definition) is 3. The second-order valence-corrected chi connectivity index (χ2v) is 4.82. The van der Waals surface area contributed by atoms with Gasteiger partial charge in [-0.1, -0.05) is 0 Å². The molecule has 0 fully saturated rings. The number of aromatic nitrogens is 1. The van der Waals surface area contributed by atoms with E-state index in [1.165, 1.54) is 4.88 Å². The Hall–Kier alpha value is -0.585. The molecule has 0 aliphatic heterocycles. The summed E-state index contributed by atoms with van der Waals surface area (Å²) in [5, 5.41) is 13.0. The number of hydrogen-bond acceptors (Lipinski definition) is 5. The molecule has 6 heteroatoms. The van der Waals surface area contributed by atoms with Crippen molar-refractivity contribution in [3.05, 3.63) is 10.6 Å². The van der Waals surface area contributed by atoms with Crippen LogP contribution in [0.1, 0.15) is 17.0 Å². The van der Waals surface area contributed by atoms with Crippen molar-refractivity contribution in [3.63, 3.8) is 0 Å². The Morgan fingerprint density at radius 2 is 2.50 bits per heavy atom. The van der Waals surface area contributed by atoms with Gasteiger partial charge in [-0.15, -0.1) is 11.3 Å². The van der Waals surface area contributed by atoms with E-state index in [9.17, 15) is 5.02 Å². The summed E-state index contributed by atoms with van der Waals surface area (Å²) in [6.07, 6.45) is 2.93. The van der Waals surface area contributed by atoms with Crippen LogP contribution in [-0.4, -0.2) is 23.1 Å². The first-order valence-corrected chi connectivity index (χ1v) is 5.65. The molecular weight excluding hydrogens is 197 g/mol. The molecule has 1 aromatic heterocycles. The van der Waals surface area contributed by atoms with Gasteiger partial charge >= 0.3 is 7.05 Å². The normalized spacial score (nSPS) is 20.6. The zero-order chi connectivity index (χ0) is 10.1. The number of nitrogens with zero attached hydrogens (tertiary/aromatic N) is 1. The summed E-state index contributed by atoms with van der Waals surface area (Å²) < 4.78 is 0. The summed E-state index contributed by atoms with van der Waals surface area (Å²) in [6.45, 7) is 1.75. The van der Waals surface area contributed by atoms with Crippen LogP contribution >= 0.6 is 11.3 Å². The Balaban J connectivity index is 2.05. The second-order valence-electron chi connectivity index (χ2n) is 3.70. The van der Waals surface area contributed by atoms with E-state index < -0.39 is 7.05 Å². The second kappa shape index (κ2) is 3.88. The average Bonchev–Trinajstić information content (AvgIpc) is 2.42. The van der Waals surface area contributed by atoms with Crippen molar-refractivity contribution >= 4 is 23.5 Å². The predicted octanol–water partition coefficient (Wildman–Crippen LogP) is 0.282. The molecule has 0 saturated heterocycles. The molecule has 1 aliphatic carbocycles. The SMILES string of the molecule is CB(O)NC1CCc2nc(N)sc2C1. The van der Waals surface area contributed by atoms with Gasteiger partial charge in [-0.2, -0.15) is 0 Å². The first-order chi connectivity index (χ1) is 6.65. The maximum absolute atomic E-state index is 9.21. The fourth-order valence-electron chi connectivity index (χ4n) is 1.88. The lowest BCUT2D eigenvalue weighted by Crippen LogP contribution is -2.42. The largest absolute Gasteiger partial charge is 0.437 e. The lowest BCUT2D eigenvalue weighted by molar-refractivity contribution is 0.480. The Morgan fingerprint density at radius 1 is 1.71 bits per heavy atom. The quantitative estimate of drug-likeness (QED) is 0.614. The van der Waals surface area contributed by atoms with E-state index >= 15 is 0 Å². The molecule has 0 aromatic carbocycles. The summed E-state index contributed by atoms with van der Waals surface area (Å²) in [5.74, 6) is 0. The van der Waals surface area contributed by atoms with E-state index in [0.29, 0.717) is 11.2 Å². The number of nitrogens with two attached hydrogens (primary N) is 1. The zero-order valence-electron chi connectivity index (χ0n) is 8.16. The molecule has 14 heavy (non-hydrogen) atoms. The van der Waals surface area contributed by atoms with Gasteiger partial charge in [0.05, 0.1) is 5.69 Å². The molecule has 0 radical (unpaired) electrons. The van der Waals surface area contributed by atoms with E-state index in [1.807, 2.05) is 0 Å². The van der Waals surface area contributed by atoms with Crippen LogP contribution in [0.4, 0.5) is 5.13 Å². The van der Waals surface area contributed by atoms with E-state index in [4.69, 9.17) is 5.73 Å². The molecule has 1 aliphatic rings. The number of anilines is 1. The number of nitrogens with one attached hydrogen (secondary N) is 1. The summed E-state index contributed by atoms with van der Waals surface area (Å²) in [6, 6.07) is 0.363. The molecule has 0 spiro atoms. The zero-order valence-corrected chi connectivity index (χ0v) is 8.97. The van der Waals surface area contributed by atoms with E-state index in [-0.39, 0.29) is 0 Å². The first-order valence-electron chi connectivity index (χ1n) is 4.83. The minimum atomic E-state index is -0.438. The molecule has 1 aromatic rings. The van der Waals surface area contributed by atoms with Crippen molar-refractivity contribution in [1.29, 1.82) is 0 Å². The van der Waals surface area contributed by atoms with Gasteiger partial charge in [0.2, 0.25) is 0 Å². The van der Waals surface area contributed by atoms with Gasteiger partial charge in [-0.05, 0) is 26.1 Å². The van der Waals surface area contributed by atoms with Gasteiger partial charge in [-0.3, -0.25) is 0 Å². The monoisotopic (exact) mass is 211 g/mol. The van der Waals surface area contributed by atoms with Gasteiger partial charge in [0.1, 0.15) is 0 Å². The third kappa shape index (κ3) is 2.08. The molecule has 4 N–H and O–H groups in total. The third-order valence-electron chi connectivity index (χ3n) is 2.43. The topological polar surface area (TPSA) is 71.2 Å². The molecule has 0 bridgehead atoms. The van der Waals surface area contributed by atoms with E-state index in [0.717, 1.165) is 25.0 Å². The molecule has 1 unspecified atom stereocenters. The van der Waals surface area contributed by atoms with Crippen LogP contribution < -0.4 is 11.0 Å². The molecule has 76 valence electrons. The first kappa shape index (κ1) is 9.95. The number of fused-ring (bicyclic) bond motifs is 1. The fourth-order valence-corrected chi connectivity index (χ4v) is 2.84. The fraction of sp³-hybridized carbons (Fsp3) is 0.625. The third-order valence-corrected chi connectivity index (χ3v) is 3.38. The highest BCUT2D eigenvalue weighted by molar-refractivity contribution is 7.15. The van der Waals surface area contributed by atoms with Gasteiger partial charge in [0, 0.05) is 10.9 Å².